The summed E-state index contributed by atoms with van der Waals surface area (Å²) in [7, 11) is 0. The number of carbonyl (C=O) groups excluding carboxylic acids is 1. The first kappa shape index (κ1) is 9.86. The fourth-order valence-corrected chi connectivity index (χ4v) is 5.02. The summed E-state index contributed by atoms with van der Waals surface area (Å²) in [6.07, 6.45) is 5.01. The van der Waals surface area contributed by atoms with Gasteiger partial charge in [-0.05, 0) is 49.4 Å². The molecule has 3 rings (SSSR count). The minimum absolute atomic E-state index is 0.0962. The van der Waals surface area contributed by atoms with E-state index >= 15 is 0 Å². The molecule has 0 heterocycles. The molecular formula is C14H22O. The van der Waals surface area contributed by atoms with Crippen molar-refractivity contribution in [3.63, 3.8) is 0 Å². The van der Waals surface area contributed by atoms with E-state index in [-0.39, 0.29) is 5.41 Å². The van der Waals surface area contributed by atoms with Crippen molar-refractivity contribution in [2.75, 3.05) is 0 Å². The van der Waals surface area contributed by atoms with Gasteiger partial charge in [0.1, 0.15) is 5.78 Å². The van der Waals surface area contributed by atoms with Crippen LogP contribution in [-0.2, 0) is 4.79 Å². The number of rotatable bonds is 1. The second-order valence-electron chi connectivity index (χ2n) is 6.60. The van der Waals surface area contributed by atoms with Crippen LogP contribution < -0.4 is 0 Å². The lowest BCUT2D eigenvalue weighted by Gasteiger charge is -2.41. The summed E-state index contributed by atoms with van der Waals surface area (Å²) < 4.78 is 0. The maximum Gasteiger partial charge on any atom is 0.142 e. The Morgan fingerprint density at radius 3 is 2.67 bits per heavy atom. The van der Waals surface area contributed by atoms with Gasteiger partial charge in [0.15, 0.2) is 0 Å². The fraction of sp³-hybridized carbons (Fsp3) is 0.929. The van der Waals surface area contributed by atoms with E-state index in [1.165, 1.54) is 25.7 Å². The predicted molar refractivity (Wildman–Crippen MR) is 60.4 cm³/mol. The number of Topliss-reactive ketones (excluding diaryl/α,β-unsaturated/α-hetero) is 1. The second-order valence-corrected chi connectivity index (χ2v) is 6.60. The Bertz CT molecular complexity index is 306. The minimum atomic E-state index is 0.0962. The van der Waals surface area contributed by atoms with E-state index in [4.69, 9.17) is 0 Å². The molecule has 5 atom stereocenters. The predicted octanol–water partition coefficient (Wildman–Crippen LogP) is 3.28. The van der Waals surface area contributed by atoms with Gasteiger partial charge in [0.2, 0.25) is 0 Å². The molecule has 3 aliphatic rings. The van der Waals surface area contributed by atoms with Crippen molar-refractivity contribution in [2.24, 2.45) is 35.0 Å². The SMILES string of the molecule is CC(C)[C@@H]1CCC2(C)C(=O)C3CCC2C31. The highest BCUT2D eigenvalue weighted by Gasteiger charge is 2.64. The Kier molecular flexibility index (Phi) is 1.88. The minimum Gasteiger partial charge on any atom is -0.299 e. The van der Waals surface area contributed by atoms with Crippen LogP contribution >= 0.6 is 0 Å². The standard InChI is InChI=1S/C14H22O/c1-8(2)9-6-7-14(3)11-5-4-10(12(9)11)13(14)15/h8-12H,4-7H2,1-3H3/t9-,10?,11?,12?,14?/m0/s1. The van der Waals surface area contributed by atoms with Crippen LogP contribution in [0, 0.1) is 35.0 Å². The molecular weight excluding hydrogens is 184 g/mol. The largest absolute Gasteiger partial charge is 0.299 e. The van der Waals surface area contributed by atoms with Crippen LogP contribution in [0.25, 0.3) is 0 Å². The third kappa shape index (κ3) is 1.02. The molecule has 15 heavy (non-hydrogen) atoms. The molecule has 4 bridgehead atoms. The summed E-state index contributed by atoms with van der Waals surface area (Å²) in [5.41, 5.74) is 0.0962. The van der Waals surface area contributed by atoms with Gasteiger partial charge >= 0.3 is 0 Å². The molecule has 3 fully saturated rings. The van der Waals surface area contributed by atoms with Gasteiger partial charge < -0.3 is 0 Å². The van der Waals surface area contributed by atoms with Crippen LogP contribution in [0.4, 0.5) is 0 Å². The second kappa shape index (κ2) is 2.87. The number of hydrogen-bond donors (Lipinski definition) is 0. The van der Waals surface area contributed by atoms with E-state index < -0.39 is 0 Å². The molecule has 84 valence electrons. The maximum absolute atomic E-state index is 12.3. The summed E-state index contributed by atoms with van der Waals surface area (Å²) >= 11 is 0. The number of carbonyl (C=O) groups is 1. The molecule has 0 saturated heterocycles. The van der Waals surface area contributed by atoms with Crippen molar-refractivity contribution in [3.05, 3.63) is 0 Å². The normalized spacial score (nSPS) is 52.9. The monoisotopic (exact) mass is 206 g/mol. The smallest absolute Gasteiger partial charge is 0.142 e. The summed E-state index contributed by atoms with van der Waals surface area (Å²) in [6.45, 7) is 6.94. The lowest BCUT2D eigenvalue weighted by molar-refractivity contribution is -0.131. The van der Waals surface area contributed by atoms with E-state index in [2.05, 4.69) is 20.8 Å². The zero-order valence-corrected chi connectivity index (χ0v) is 10.1. The summed E-state index contributed by atoms with van der Waals surface area (Å²) in [6, 6.07) is 0. The Balaban J connectivity index is 2.00. The van der Waals surface area contributed by atoms with Crippen LogP contribution in [0.15, 0.2) is 0 Å². The van der Waals surface area contributed by atoms with Crippen LogP contribution in [0.1, 0.15) is 46.5 Å². The third-order valence-corrected chi connectivity index (χ3v) is 5.78. The lowest BCUT2D eigenvalue weighted by Crippen LogP contribution is -2.38. The highest BCUT2D eigenvalue weighted by molar-refractivity contribution is 5.91. The average molecular weight is 206 g/mol. The molecule has 0 aliphatic heterocycles. The Morgan fingerprint density at radius 2 is 2.00 bits per heavy atom. The van der Waals surface area contributed by atoms with Crippen LogP contribution in [0.2, 0.25) is 0 Å². The third-order valence-electron chi connectivity index (χ3n) is 5.78. The molecule has 4 unspecified atom stereocenters. The van der Waals surface area contributed by atoms with Crippen molar-refractivity contribution in [3.8, 4) is 0 Å². The molecule has 0 aromatic rings. The quantitative estimate of drug-likeness (QED) is 0.643. The zero-order chi connectivity index (χ0) is 10.8. The first-order valence-corrected chi connectivity index (χ1v) is 6.60. The van der Waals surface area contributed by atoms with Gasteiger partial charge in [-0.2, -0.15) is 0 Å². The van der Waals surface area contributed by atoms with Crippen molar-refractivity contribution in [1.29, 1.82) is 0 Å². The van der Waals surface area contributed by atoms with Crippen molar-refractivity contribution < 1.29 is 4.79 Å². The van der Waals surface area contributed by atoms with Crippen LogP contribution in [0.3, 0.4) is 0 Å². The Morgan fingerprint density at radius 1 is 1.27 bits per heavy atom. The van der Waals surface area contributed by atoms with E-state index in [9.17, 15) is 4.79 Å². The number of ketones is 1. The average Bonchev–Trinajstić information content (AvgIpc) is 2.65. The van der Waals surface area contributed by atoms with Crippen LogP contribution in [0.5, 0.6) is 0 Å². The highest BCUT2D eigenvalue weighted by atomic mass is 16.1. The lowest BCUT2D eigenvalue weighted by atomic mass is 9.62. The molecule has 3 saturated carbocycles. The molecule has 3 aliphatic carbocycles. The van der Waals surface area contributed by atoms with Gasteiger partial charge in [0.25, 0.3) is 0 Å². The van der Waals surface area contributed by atoms with Gasteiger partial charge in [-0.15, -0.1) is 0 Å². The van der Waals surface area contributed by atoms with Crippen LogP contribution in [-0.4, -0.2) is 5.78 Å². The molecule has 0 radical (unpaired) electrons. The first-order valence-electron chi connectivity index (χ1n) is 6.60. The molecule has 0 spiro atoms. The van der Waals surface area contributed by atoms with Gasteiger partial charge in [-0.1, -0.05) is 20.8 Å². The highest BCUT2D eigenvalue weighted by Crippen LogP contribution is 2.65. The van der Waals surface area contributed by atoms with E-state index in [0.717, 1.165) is 23.7 Å². The van der Waals surface area contributed by atoms with Gasteiger partial charge in [-0.3, -0.25) is 4.79 Å². The van der Waals surface area contributed by atoms with E-state index in [1.54, 1.807) is 0 Å². The zero-order valence-electron chi connectivity index (χ0n) is 10.1. The fourth-order valence-electron chi connectivity index (χ4n) is 5.02. The van der Waals surface area contributed by atoms with E-state index in [1.807, 2.05) is 0 Å². The first-order chi connectivity index (χ1) is 7.05. The molecule has 0 amide bonds. The molecule has 0 N–H and O–H groups in total. The number of hydrogen-bond acceptors (Lipinski definition) is 1. The Hall–Kier alpha value is -0.330. The molecule has 1 nitrogen and oxygen atoms in total. The van der Waals surface area contributed by atoms with E-state index in [0.29, 0.717) is 11.7 Å². The van der Waals surface area contributed by atoms with Crippen molar-refractivity contribution in [2.45, 2.75) is 46.5 Å². The van der Waals surface area contributed by atoms with Gasteiger partial charge in [-0.25, -0.2) is 0 Å². The summed E-state index contributed by atoms with van der Waals surface area (Å²) in [5.74, 6) is 4.20. The van der Waals surface area contributed by atoms with Gasteiger partial charge in [0.05, 0.1) is 0 Å². The van der Waals surface area contributed by atoms with Gasteiger partial charge in [0, 0.05) is 11.3 Å². The topological polar surface area (TPSA) is 17.1 Å². The summed E-state index contributed by atoms with van der Waals surface area (Å²) in [5, 5.41) is 0. The molecule has 0 aromatic carbocycles. The maximum atomic E-state index is 12.3. The van der Waals surface area contributed by atoms with Crippen molar-refractivity contribution in [1.82, 2.24) is 0 Å². The summed E-state index contributed by atoms with van der Waals surface area (Å²) in [4.78, 5) is 12.3. The molecule has 1 heteroatoms. The molecule has 0 aromatic heterocycles. The van der Waals surface area contributed by atoms with Crippen molar-refractivity contribution >= 4 is 5.78 Å². The Labute approximate surface area is 92.6 Å².